The van der Waals surface area contributed by atoms with Crippen molar-refractivity contribution in [2.75, 3.05) is 5.32 Å². The van der Waals surface area contributed by atoms with Crippen molar-refractivity contribution in [3.63, 3.8) is 0 Å². The van der Waals surface area contributed by atoms with Gasteiger partial charge in [-0.15, -0.1) is 0 Å². The molecule has 0 radical (unpaired) electrons. The van der Waals surface area contributed by atoms with Crippen molar-refractivity contribution in [2.45, 2.75) is 38.3 Å². The largest absolute Gasteiger partial charge is 0.346 e. The molecule has 12 heteroatoms. The van der Waals surface area contributed by atoms with E-state index in [-0.39, 0.29) is 29.5 Å². The molecule has 2 amide bonds. The maximum Gasteiger partial charge on any atom is 0.280 e. The van der Waals surface area contributed by atoms with Crippen LogP contribution >= 0.6 is 0 Å². The number of hydrogen-bond donors (Lipinski definition) is 2. The molecule has 3 aromatic rings. The highest BCUT2D eigenvalue weighted by molar-refractivity contribution is 6.02. The van der Waals surface area contributed by atoms with E-state index in [1.165, 1.54) is 16.9 Å². The smallest absolute Gasteiger partial charge is 0.280 e. The van der Waals surface area contributed by atoms with Gasteiger partial charge in [0.2, 0.25) is 5.91 Å². The molecule has 10 nitrogen and oxygen atoms in total. The monoisotopic (exact) mass is 432 g/mol. The number of aryl methyl sites for hydroxylation is 2. The highest BCUT2D eigenvalue weighted by atomic mass is 19.3. The third-order valence-electron chi connectivity index (χ3n) is 4.98. The van der Waals surface area contributed by atoms with Crippen LogP contribution < -0.4 is 10.6 Å². The van der Waals surface area contributed by atoms with E-state index < -0.39 is 24.8 Å². The third kappa shape index (κ3) is 4.62. The first kappa shape index (κ1) is 20.7. The lowest BCUT2D eigenvalue weighted by Crippen LogP contribution is -2.27. The average Bonchev–Trinajstić information content (AvgIpc) is 3.18. The van der Waals surface area contributed by atoms with Crippen molar-refractivity contribution in [3.05, 3.63) is 47.3 Å². The summed E-state index contributed by atoms with van der Waals surface area (Å²) in [5.74, 6) is -0.834. The van der Waals surface area contributed by atoms with E-state index >= 15 is 0 Å². The predicted molar refractivity (Wildman–Crippen MR) is 105 cm³/mol. The van der Waals surface area contributed by atoms with E-state index in [4.69, 9.17) is 0 Å². The van der Waals surface area contributed by atoms with E-state index in [9.17, 15) is 18.4 Å². The van der Waals surface area contributed by atoms with Crippen molar-refractivity contribution >= 4 is 17.5 Å². The van der Waals surface area contributed by atoms with Crippen molar-refractivity contribution < 1.29 is 18.4 Å². The van der Waals surface area contributed by atoms with Gasteiger partial charge in [0, 0.05) is 38.3 Å². The van der Waals surface area contributed by atoms with Gasteiger partial charge in [0.25, 0.3) is 12.3 Å². The lowest BCUT2D eigenvalue weighted by atomic mass is 10.3. The third-order valence-corrected chi connectivity index (χ3v) is 4.98. The van der Waals surface area contributed by atoms with Gasteiger partial charge in [-0.25, -0.2) is 8.78 Å². The Hall–Kier alpha value is -3.57. The molecule has 0 atom stereocenters. The molecular formula is C19H22F2N8O2. The number of halogens is 2. The summed E-state index contributed by atoms with van der Waals surface area (Å²) in [6.45, 7) is -0.141. The molecule has 0 aliphatic heterocycles. The Kier molecular flexibility index (Phi) is 5.53. The molecule has 1 aliphatic carbocycles. The van der Waals surface area contributed by atoms with Crippen molar-refractivity contribution in [3.8, 4) is 0 Å². The number of carbonyl (C=O) groups excluding carboxylic acids is 2. The van der Waals surface area contributed by atoms with Crippen LogP contribution in [-0.4, -0.2) is 41.2 Å². The molecule has 2 N–H and O–H groups in total. The number of amides is 2. The Morgan fingerprint density at radius 3 is 2.65 bits per heavy atom. The molecule has 3 aromatic heterocycles. The number of carbonyl (C=O) groups is 2. The van der Waals surface area contributed by atoms with E-state index in [2.05, 4.69) is 25.9 Å². The maximum absolute atomic E-state index is 13.3. The van der Waals surface area contributed by atoms with Gasteiger partial charge in [-0.05, 0) is 18.9 Å². The number of alkyl halides is 2. The molecule has 1 aliphatic rings. The highest BCUT2D eigenvalue weighted by Gasteiger charge is 2.29. The van der Waals surface area contributed by atoms with E-state index in [1.54, 1.807) is 31.2 Å². The Morgan fingerprint density at radius 2 is 2.00 bits per heavy atom. The SMILES string of the molecule is Cn1cc(CNC(=O)c2c(NC(=O)Cn3nc(C4CC4)cc3C(F)F)cnn2C)cn1. The summed E-state index contributed by atoms with van der Waals surface area (Å²) in [5.41, 5.74) is 1.43. The van der Waals surface area contributed by atoms with Gasteiger partial charge in [0.15, 0.2) is 0 Å². The van der Waals surface area contributed by atoms with Crippen molar-refractivity contribution in [1.82, 2.24) is 34.7 Å². The van der Waals surface area contributed by atoms with Crippen LogP contribution in [0.15, 0.2) is 24.7 Å². The zero-order valence-corrected chi connectivity index (χ0v) is 17.0. The average molecular weight is 432 g/mol. The first-order valence-electron chi connectivity index (χ1n) is 9.75. The molecule has 164 valence electrons. The standard InChI is InChI=1S/C19H22F2N8O2/c1-27-9-11(7-23-27)6-22-19(31)17-14(8-24-28(17)2)25-16(30)10-29-15(18(20)21)5-13(26-29)12-3-4-12/h5,7-9,12,18H,3-4,6,10H2,1-2H3,(H,22,31)(H,25,30). The lowest BCUT2D eigenvalue weighted by molar-refractivity contribution is -0.117. The van der Waals surface area contributed by atoms with Gasteiger partial charge in [-0.2, -0.15) is 15.3 Å². The van der Waals surface area contributed by atoms with Crippen molar-refractivity contribution in [2.24, 2.45) is 14.1 Å². The molecule has 1 saturated carbocycles. The number of nitrogens with one attached hydrogen (secondary N) is 2. The Morgan fingerprint density at radius 1 is 1.23 bits per heavy atom. The second-order valence-corrected chi connectivity index (χ2v) is 7.51. The quantitative estimate of drug-likeness (QED) is 0.563. The van der Waals surface area contributed by atoms with E-state index in [0.717, 1.165) is 23.1 Å². The fourth-order valence-electron chi connectivity index (χ4n) is 3.29. The Balaban J connectivity index is 1.44. The molecular weight excluding hydrogens is 410 g/mol. The van der Waals surface area contributed by atoms with Crippen LogP contribution in [-0.2, 0) is 32.0 Å². The zero-order valence-electron chi connectivity index (χ0n) is 17.0. The molecule has 0 aromatic carbocycles. The number of aromatic nitrogens is 6. The van der Waals surface area contributed by atoms with Gasteiger partial charge in [-0.1, -0.05) is 0 Å². The summed E-state index contributed by atoms with van der Waals surface area (Å²) in [7, 11) is 3.34. The van der Waals surface area contributed by atoms with Gasteiger partial charge < -0.3 is 10.6 Å². The second-order valence-electron chi connectivity index (χ2n) is 7.51. The predicted octanol–water partition coefficient (Wildman–Crippen LogP) is 1.73. The second kappa shape index (κ2) is 8.28. The van der Waals surface area contributed by atoms with Crippen LogP contribution in [0, 0.1) is 0 Å². The number of nitrogens with zero attached hydrogens (tertiary/aromatic N) is 6. The number of rotatable bonds is 8. The van der Waals surface area contributed by atoms with Gasteiger partial charge in [0.05, 0.1) is 23.8 Å². The fraction of sp³-hybridized carbons (Fsp3) is 0.421. The summed E-state index contributed by atoms with van der Waals surface area (Å²) >= 11 is 0. The van der Waals surface area contributed by atoms with E-state index in [1.807, 2.05) is 0 Å². The van der Waals surface area contributed by atoms with E-state index in [0.29, 0.717) is 5.69 Å². The van der Waals surface area contributed by atoms with Crippen LogP contribution in [0.2, 0.25) is 0 Å². The van der Waals surface area contributed by atoms with Gasteiger partial charge in [0.1, 0.15) is 17.9 Å². The molecule has 31 heavy (non-hydrogen) atoms. The summed E-state index contributed by atoms with van der Waals surface area (Å²) in [6.07, 6.45) is 3.83. The molecule has 0 spiro atoms. The summed E-state index contributed by atoms with van der Waals surface area (Å²) in [5, 5.41) is 17.6. The fourth-order valence-corrected chi connectivity index (χ4v) is 3.29. The number of hydrogen-bond acceptors (Lipinski definition) is 5. The van der Waals surface area contributed by atoms with Crippen LogP contribution in [0.1, 0.15) is 52.6 Å². The summed E-state index contributed by atoms with van der Waals surface area (Å²) < 4.78 is 30.6. The molecule has 0 bridgehead atoms. The molecule has 0 saturated heterocycles. The highest BCUT2D eigenvalue weighted by Crippen LogP contribution is 2.40. The maximum atomic E-state index is 13.3. The minimum Gasteiger partial charge on any atom is -0.346 e. The van der Waals surface area contributed by atoms with Crippen LogP contribution in [0.3, 0.4) is 0 Å². The first-order valence-corrected chi connectivity index (χ1v) is 9.75. The Labute approximate surface area is 176 Å². The van der Waals surface area contributed by atoms with Gasteiger partial charge >= 0.3 is 0 Å². The topological polar surface area (TPSA) is 112 Å². The molecule has 0 unspecified atom stereocenters. The summed E-state index contributed by atoms with van der Waals surface area (Å²) in [4.78, 5) is 25.1. The first-order chi connectivity index (χ1) is 14.8. The zero-order chi connectivity index (χ0) is 22.1. The van der Waals surface area contributed by atoms with Gasteiger partial charge in [-0.3, -0.25) is 23.6 Å². The molecule has 4 rings (SSSR count). The molecule has 1 fully saturated rings. The molecule has 3 heterocycles. The Bertz CT molecular complexity index is 1110. The minimum atomic E-state index is -2.74. The van der Waals surface area contributed by atoms with Crippen molar-refractivity contribution in [1.29, 1.82) is 0 Å². The van der Waals surface area contributed by atoms with Crippen LogP contribution in [0.25, 0.3) is 0 Å². The number of anilines is 1. The minimum absolute atomic E-state index is 0.144. The summed E-state index contributed by atoms with van der Waals surface area (Å²) in [6, 6.07) is 1.36. The lowest BCUT2D eigenvalue weighted by Gasteiger charge is -2.10. The van der Waals surface area contributed by atoms with Crippen LogP contribution in [0.5, 0.6) is 0 Å². The normalized spacial score (nSPS) is 13.6. The van der Waals surface area contributed by atoms with Crippen LogP contribution in [0.4, 0.5) is 14.5 Å².